The maximum Gasteiger partial charge on any atom is 0.255 e. The number of hydrogen-bond donors (Lipinski definition) is 1. The van der Waals surface area contributed by atoms with Crippen LogP contribution < -0.4 is 5.73 Å². The van der Waals surface area contributed by atoms with E-state index in [9.17, 15) is 13.6 Å². The summed E-state index contributed by atoms with van der Waals surface area (Å²) in [6, 6.07) is 0. The highest BCUT2D eigenvalue weighted by Crippen LogP contribution is 2.30. The number of carbonyl (C=O) groups excluding carboxylic acids is 1. The SMILES string of the molecule is CN(CC(F)F)C(=O)C1CCCCC1CN. The number of nitrogens with two attached hydrogens (primary N) is 1. The first kappa shape index (κ1) is 13.4. The average Bonchev–Trinajstić information content (AvgIpc) is 2.27. The maximum absolute atomic E-state index is 12.2. The monoisotopic (exact) mass is 234 g/mol. The van der Waals surface area contributed by atoms with Crippen LogP contribution in [0.15, 0.2) is 0 Å². The van der Waals surface area contributed by atoms with E-state index < -0.39 is 13.0 Å². The second kappa shape index (κ2) is 6.13. The molecular formula is C11H20F2N2O. The highest BCUT2D eigenvalue weighted by Gasteiger charge is 2.32. The quantitative estimate of drug-likeness (QED) is 0.800. The Labute approximate surface area is 95.0 Å². The minimum absolute atomic E-state index is 0.150. The van der Waals surface area contributed by atoms with Crippen LogP contribution in [0.25, 0.3) is 0 Å². The fraction of sp³-hybridized carbons (Fsp3) is 0.909. The summed E-state index contributed by atoms with van der Waals surface area (Å²) in [4.78, 5) is 13.1. The van der Waals surface area contributed by atoms with Crippen LogP contribution in [0.5, 0.6) is 0 Å². The van der Waals surface area contributed by atoms with Crippen molar-refractivity contribution in [2.45, 2.75) is 32.1 Å². The number of alkyl halides is 2. The van der Waals surface area contributed by atoms with Crippen molar-refractivity contribution in [3.63, 3.8) is 0 Å². The maximum atomic E-state index is 12.2. The molecule has 94 valence electrons. The lowest BCUT2D eigenvalue weighted by Crippen LogP contribution is -2.42. The number of carbonyl (C=O) groups is 1. The van der Waals surface area contributed by atoms with Gasteiger partial charge >= 0.3 is 0 Å². The zero-order valence-corrected chi connectivity index (χ0v) is 9.66. The van der Waals surface area contributed by atoms with Crippen molar-refractivity contribution in [3.8, 4) is 0 Å². The van der Waals surface area contributed by atoms with Crippen molar-refractivity contribution in [1.29, 1.82) is 0 Å². The van der Waals surface area contributed by atoms with E-state index in [0.29, 0.717) is 6.54 Å². The Balaban J connectivity index is 2.56. The highest BCUT2D eigenvalue weighted by molar-refractivity contribution is 5.79. The molecular weight excluding hydrogens is 214 g/mol. The minimum atomic E-state index is -2.46. The van der Waals surface area contributed by atoms with E-state index in [2.05, 4.69) is 0 Å². The van der Waals surface area contributed by atoms with Crippen molar-refractivity contribution in [1.82, 2.24) is 4.90 Å². The second-order valence-corrected chi connectivity index (χ2v) is 4.50. The molecule has 2 N–H and O–H groups in total. The molecule has 1 aliphatic carbocycles. The molecule has 2 unspecified atom stereocenters. The summed E-state index contributed by atoms with van der Waals surface area (Å²) in [6.07, 6.45) is 1.34. The van der Waals surface area contributed by atoms with Crippen LogP contribution in [-0.4, -0.2) is 37.4 Å². The van der Waals surface area contributed by atoms with Gasteiger partial charge in [-0.05, 0) is 25.3 Å². The van der Waals surface area contributed by atoms with Gasteiger partial charge in [0.05, 0.1) is 6.54 Å². The lowest BCUT2D eigenvalue weighted by molar-refractivity contribution is -0.138. The molecule has 1 aliphatic rings. The topological polar surface area (TPSA) is 46.3 Å². The van der Waals surface area contributed by atoms with Crippen LogP contribution in [0, 0.1) is 11.8 Å². The van der Waals surface area contributed by atoms with Crippen LogP contribution in [0.4, 0.5) is 8.78 Å². The largest absolute Gasteiger partial charge is 0.340 e. The van der Waals surface area contributed by atoms with E-state index in [-0.39, 0.29) is 17.7 Å². The molecule has 3 nitrogen and oxygen atoms in total. The number of halogens is 2. The molecule has 0 saturated heterocycles. The molecule has 0 aromatic rings. The van der Waals surface area contributed by atoms with Gasteiger partial charge in [0.1, 0.15) is 0 Å². The molecule has 1 amide bonds. The van der Waals surface area contributed by atoms with Gasteiger partial charge in [-0.25, -0.2) is 8.78 Å². The summed E-state index contributed by atoms with van der Waals surface area (Å²) in [6.45, 7) is -0.00838. The first-order valence-electron chi connectivity index (χ1n) is 5.79. The van der Waals surface area contributed by atoms with Crippen molar-refractivity contribution in [2.75, 3.05) is 20.1 Å². The average molecular weight is 234 g/mol. The van der Waals surface area contributed by atoms with Gasteiger partial charge in [0.15, 0.2) is 0 Å². The van der Waals surface area contributed by atoms with Gasteiger partial charge in [-0.1, -0.05) is 12.8 Å². The van der Waals surface area contributed by atoms with Gasteiger partial charge in [0.2, 0.25) is 5.91 Å². The summed E-state index contributed by atoms with van der Waals surface area (Å²) in [7, 11) is 1.44. The summed E-state index contributed by atoms with van der Waals surface area (Å²) in [5.74, 6) is -0.153. The molecule has 0 aromatic heterocycles. The summed E-state index contributed by atoms with van der Waals surface area (Å²) in [5, 5.41) is 0. The van der Waals surface area contributed by atoms with E-state index in [1.54, 1.807) is 0 Å². The zero-order valence-electron chi connectivity index (χ0n) is 9.66. The van der Waals surface area contributed by atoms with Crippen LogP contribution in [-0.2, 0) is 4.79 Å². The molecule has 16 heavy (non-hydrogen) atoms. The van der Waals surface area contributed by atoms with Gasteiger partial charge in [0.25, 0.3) is 6.43 Å². The molecule has 1 fully saturated rings. The van der Waals surface area contributed by atoms with Crippen molar-refractivity contribution >= 4 is 5.91 Å². The molecule has 0 radical (unpaired) electrons. The number of rotatable bonds is 4. The third-order valence-electron chi connectivity index (χ3n) is 3.32. The van der Waals surface area contributed by atoms with Gasteiger partial charge in [-0.15, -0.1) is 0 Å². The highest BCUT2D eigenvalue weighted by atomic mass is 19.3. The summed E-state index contributed by atoms with van der Waals surface area (Å²) in [5.41, 5.74) is 5.61. The van der Waals surface area contributed by atoms with Crippen molar-refractivity contribution in [3.05, 3.63) is 0 Å². The lowest BCUT2D eigenvalue weighted by atomic mass is 9.78. The standard InChI is InChI=1S/C11H20F2N2O/c1-15(7-10(12)13)11(16)9-5-3-2-4-8(9)6-14/h8-10H,2-7,14H2,1H3. The normalized spacial score (nSPS) is 25.8. The summed E-state index contributed by atoms with van der Waals surface area (Å²) >= 11 is 0. The number of hydrogen-bond acceptors (Lipinski definition) is 2. The van der Waals surface area contributed by atoms with E-state index in [1.165, 1.54) is 7.05 Å². The fourth-order valence-electron chi connectivity index (χ4n) is 2.39. The van der Waals surface area contributed by atoms with Gasteiger partial charge in [0, 0.05) is 13.0 Å². The third kappa shape index (κ3) is 3.40. The van der Waals surface area contributed by atoms with Crippen LogP contribution in [0.1, 0.15) is 25.7 Å². The predicted octanol–water partition coefficient (Wildman–Crippen LogP) is 1.47. The Kier molecular flexibility index (Phi) is 5.12. The molecule has 0 bridgehead atoms. The minimum Gasteiger partial charge on any atom is -0.340 e. The summed E-state index contributed by atoms with van der Waals surface area (Å²) < 4.78 is 24.3. The first-order chi connectivity index (χ1) is 7.56. The van der Waals surface area contributed by atoms with E-state index in [4.69, 9.17) is 5.73 Å². The Bertz CT molecular complexity index is 236. The lowest BCUT2D eigenvalue weighted by Gasteiger charge is -2.32. The van der Waals surface area contributed by atoms with E-state index in [1.807, 2.05) is 0 Å². The van der Waals surface area contributed by atoms with E-state index in [0.717, 1.165) is 30.6 Å². The Morgan fingerprint density at radius 2 is 2.06 bits per heavy atom. The van der Waals surface area contributed by atoms with Crippen molar-refractivity contribution < 1.29 is 13.6 Å². The third-order valence-corrected chi connectivity index (χ3v) is 3.32. The van der Waals surface area contributed by atoms with Crippen LogP contribution in [0.3, 0.4) is 0 Å². The molecule has 0 aromatic carbocycles. The Morgan fingerprint density at radius 1 is 1.44 bits per heavy atom. The predicted molar refractivity (Wildman–Crippen MR) is 58.1 cm³/mol. The molecule has 0 heterocycles. The number of amides is 1. The molecule has 0 aliphatic heterocycles. The van der Waals surface area contributed by atoms with Gasteiger partial charge in [-0.3, -0.25) is 4.79 Å². The fourth-order valence-corrected chi connectivity index (χ4v) is 2.39. The van der Waals surface area contributed by atoms with Crippen LogP contribution in [0.2, 0.25) is 0 Å². The molecule has 2 atom stereocenters. The zero-order chi connectivity index (χ0) is 12.1. The van der Waals surface area contributed by atoms with E-state index >= 15 is 0 Å². The Morgan fingerprint density at radius 3 is 2.62 bits per heavy atom. The Hall–Kier alpha value is -0.710. The van der Waals surface area contributed by atoms with Gasteiger partial charge < -0.3 is 10.6 Å². The second-order valence-electron chi connectivity index (χ2n) is 4.50. The molecule has 0 spiro atoms. The molecule has 1 rings (SSSR count). The molecule has 1 saturated carbocycles. The van der Waals surface area contributed by atoms with Crippen molar-refractivity contribution in [2.24, 2.45) is 17.6 Å². The molecule has 5 heteroatoms. The number of nitrogens with zero attached hydrogens (tertiary/aromatic N) is 1. The first-order valence-corrected chi connectivity index (χ1v) is 5.79. The smallest absolute Gasteiger partial charge is 0.255 e. The van der Waals surface area contributed by atoms with Crippen LogP contribution >= 0.6 is 0 Å². The van der Waals surface area contributed by atoms with Gasteiger partial charge in [-0.2, -0.15) is 0 Å².